The molecule has 4 nitrogen and oxygen atoms in total. The Balaban J connectivity index is 1.75. The molecule has 0 aliphatic rings. The van der Waals surface area contributed by atoms with Gasteiger partial charge in [0.15, 0.2) is 11.5 Å². The maximum atomic E-state index is 12.8. The van der Waals surface area contributed by atoms with Crippen LogP contribution in [0.5, 0.6) is 11.5 Å². The topological polar surface area (TPSA) is 38.8 Å². The second-order valence-electron chi connectivity index (χ2n) is 5.98. The molecule has 1 amide bonds. The predicted octanol–water partition coefficient (Wildman–Crippen LogP) is 5.20. The van der Waals surface area contributed by atoms with Crippen molar-refractivity contribution in [1.29, 1.82) is 0 Å². The van der Waals surface area contributed by atoms with Crippen LogP contribution in [0.1, 0.15) is 15.9 Å². The number of methoxy groups -OCH3 is 1. The van der Waals surface area contributed by atoms with E-state index in [1.54, 1.807) is 37.3 Å². The zero-order chi connectivity index (χ0) is 19.2. The summed E-state index contributed by atoms with van der Waals surface area (Å²) in [6, 6.07) is 22.1. The summed E-state index contributed by atoms with van der Waals surface area (Å²) in [4.78, 5) is 14.4. The number of carbonyl (C=O) groups excluding carboxylic acids is 1. The maximum absolute atomic E-state index is 12.8. The lowest BCUT2D eigenvalue weighted by Crippen LogP contribution is -2.26. The van der Waals surface area contributed by atoms with Gasteiger partial charge in [-0.15, -0.1) is 0 Å². The van der Waals surface area contributed by atoms with Crippen LogP contribution < -0.4 is 14.4 Å². The normalized spacial score (nSPS) is 10.3. The lowest BCUT2D eigenvalue weighted by molar-refractivity contribution is 0.0992. The number of ether oxygens (including phenoxy) is 2. The van der Waals surface area contributed by atoms with Crippen molar-refractivity contribution in [1.82, 2.24) is 0 Å². The first-order chi connectivity index (χ1) is 13.1. The average molecular weight is 382 g/mol. The van der Waals surface area contributed by atoms with Gasteiger partial charge < -0.3 is 14.4 Å². The first kappa shape index (κ1) is 18.8. The van der Waals surface area contributed by atoms with E-state index in [9.17, 15) is 4.79 Å². The zero-order valence-electron chi connectivity index (χ0n) is 15.2. The molecule has 0 atom stereocenters. The number of amides is 1. The molecule has 3 aromatic rings. The molecule has 0 radical (unpaired) electrons. The zero-order valence-corrected chi connectivity index (χ0v) is 15.9. The fourth-order valence-corrected chi connectivity index (χ4v) is 2.75. The Bertz CT molecular complexity index is 911. The molecule has 138 valence electrons. The number of rotatable bonds is 6. The lowest BCUT2D eigenvalue weighted by Gasteiger charge is -2.18. The first-order valence-electron chi connectivity index (χ1n) is 8.47. The van der Waals surface area contributed by atoms with Crippen molar-refractivity contribution in [3.05, 3.63) is 88.9 Å². The summed E-state index contributed by atoms with van der Waals surface area (Å²) in [5.74, 6) is 0.964. The van der Waals surface area contributed by atoms with Gasteiger partial charge in [-0.2, -0.15) is 0 Å². The quantitative estimate of drug-likeness (QED) is 0.588. The van der Waals surface area contributed by atoms with Crippen LogP contribution in [-0.2, 0) is 6.61 Å². The molecular weight excluding hydrogens is 362 g/mol. The number of hydrogen-bond donors (Lipinski definition) is 0. The van der Waals surface area contributed by atoms with Crippen molar-refractivity contribution < 1.29 is 14.3 Å². The number of carbonyl (C=O) groups is 1. The Morgan fingerprint density at radius 3 is 2.33 bits per heavy atom. The highest BCUT2D eigenvalue weighted by atomic mass is 35.5. The highest BCUT2D eigenvalue weighted by Crippen LogP contribution is 2.30. The highest BCUT2D eigenvalue weighted by Gasteiger charge is 2.16. The van der Waals surface area contributed by atoms with Gasteiger partial charge in [-0.3, -0.25) is 4.79 Å². The van der Waals surface area contributed by atoms with Gasteiger partial charge in [-0.1, -0.05) is 41.9 Å². The van der Waals surface area contributed by atoms with E-state index in [1.807, 2.05) is 54.6 Å². The second kappa shape index (κ2) is 8.60. The monoisotopic (exact) mass is 381 g/mol. The third-order valence-corrected chi connectivity index (χ3v) is 4.42. The second-order valence-corrected chi connectivity index (χ2v) is 6.42. The summed E-state index contributed by atoms with van der Waals surface area (Å²) in [7, 11) is 3.30. The summed E-state index contributed by atoms with van der Waals surface area (Å²) in [6.07, 6.45) is 0. The highest BCUT2D eigenvalue weighted by molar-refractivity contribution is 6.30. The summed E-state index contributed by atoms with van der Waals surface area (Å²) < 4.78 is 11.3. The van der Waals surface area contributed by atoms with Gasteiger partial charge in [-0.05, 0) is 48.0 Å². The minimum atomic E-state index is -0.122. The van der Waals surface area contributed by atoms with E-state index in [4.69, 9.17) is 21.1 Å². The van der Waals surface area contributed by atoms with E-state index in [1.165, 1.54) is 0 Å². The Morgan fingerprint density at radius 1 is 0.963 bits per heavy atom. The molecule has 0 unspecified atom stereocenters. The largest absolute Gasteiger partial charge is 0.493 e. The van der Waals surface area contributed by atoms with Gasteiger partial charge in [0.25, 0.3) is 5.91 Å². The standard InChI is InChI=1S/C22H20ClNO3/c1-24(19-6-4-3-5-7-19)22(25)17-10-13-20(21(14-17)26-2)27-15-16-8-11-18(23)12-9-16/h3-14H,15H2,1-2H3. The molecule has 0 aliphatic heterocycles. The van der Waals surface area contributed by atoms with Crippen LogP contribution in [0.25, 0.3) is 0 Å². The van der Waals surface area contributed by atoms with E-state index in [2.05, 4.69) is 0 Å². The molecule has 27 heavy (non-hydrogen) atoms. The number of benzene rings is 3. The van der Waals surface area contributed by atoms with Crippen molar-refractivity contribution >= 4 is 23.2 Å². The lowest BCUT2D eigenvalue weighted by atomic mass is 10.1. The number of halogens is 1. The minimum absolute atomic E-state index is 0.122. The first-order valence-corrected chi connectivity index (χ1v) is 8.84. The summed E-state index contributed by atoms with van der Waals surface area (Å²) >= 11 is 5.90. The average Bonchev–Trinajstić information content (AvgIpc) is 2.72. The van der Waals surface area contributed by atoms with Crippen LogP contribution in [0.4, 0.5) is 5.69 Å². The van der Waals surface area contributed by atoms with E-state index >= 15 is 0 Å². The summed E-state index contributed by atoms with van der Waals surface area (Å²) in [5.41, 5.74) is 2.34. The maximum Gasteiger partial charge on any atom is 0.258 e. The van der Waals surface area contributed by atoms with Crippen LogP contribution in [-0.4, -0.2) is 20.1 Å². The van der Waals surface area contributed by atoms with Gasteiger partial charge >= 0.3 is 0 Å². The van der Waals surface area contributed by atoms with Crippen molar-refractivity contribution in [3.8, 4) is 11.5 Å². The molecule has 3 aromatic carbocycles. The Hall–Kier alpha value is -2.98. The molecule has 0 aliphatic carbocycles. The Morgan fingerprint density at radius 2 is 1.67 bits per heavy atom. The smallest absolute Gasteiger partial charge is 0.258 e. The molecule has 0 fully saturated rings. The van der Waals surface area contributed by atoms with Crippen molar-refractivity contribution in [2.75, 3.05) is 19.1 Å². The van der Waals surface area contributed by atoms with E-state index in [0.29, 0.717) is 28.7 Å². The number of anilines is 1. The fraction of sp³-hybridized carbons (Fsp3) is 0.136. The van der Waals surface area contributed by atoms with Crippen molar-refractivity contribution in [2.24, 2.45) is 0 Å². The summed E-state index contributed by atoms with van der Waals surface area (Å²) in [5, 5.41) is 0.682. The van der Waals surface area contributed by atoms with E-state index < -0.39 is 0 Å². The Kier molecular flexibility index (Phi) is 5.99. The van der Waals surface area contributed by atoms with E-state index in [-0.39, 0.29) is 5.91 Å². The summed E-state index contributed by atoms with van der Waals surface area (Å²) in [6.45, 7) is 0.380. The van der Waals surface area contributed by atoms with Gasteiger partial charge in [0.2, 0.25) is 0 Å². The van der Waals surface area contributed by atoms with Crippen LogP contribution in [0.15, 0.2) is 72.8 Å². The molecule has 3 rings (SSSR count). The van der Waals surface area contributed by atoms with E-state index in [0.717, 1.165) is 11.3 Å². The van der Waals surface area contributed by atoms with Crippen LogP contribution >= 0.6 is 11.6 Å². The van der Waals surface area contributed by atoms with Crippen LogP contribution in [0.3, 0.4) is 0 Å². The van der Waals surface area contributed by atoms with Crippen molar-refractivity contribution in [2.45, 2.75) is 6.61 Å². The number of hydrogen-bond acceptors (Lipinski definition) is 3. The molecule has 0 aromatic heterocycles. The molecule has 0 spiro atoms. The predicted molar refractivity (Wildman–Crippen MR) is 108 cm³/mol. The van der Waals surface area contributed by atoms with Crippen LogP contribution in [0.2, 0.25) is 5.02 Å². The van der Waals surface area contributed by atoms with Gasteiger partial charge in [-0.25, -0.2) is 0 Å². The third-order valence-electron chi connectivity index (χ3n) is 4.17. The Labute approximate surface area is 163 Å². The van der Waals surface area contributed by atoms with Gasteiger partial charge in [0, 0.05) is 23.3 Å². The van der Waals surface area contributed by atoms with Gasteiger partial charge in [0.1, 0.15) is 6.61 Å². The molecule has 5 heteroatoms. The SMILES string of the molecule is COc1cc(C(=O)N(C)c2ccccc2)ccc1OCc1ccc(Cl)cc1. The molecular formula is C22H20ClNO3. The molecule has 0 saturated heterocycles. The van der Waals surface area contributed by atoms with Gasteiger partial charge in [0.05, 0.1) is 7.11 Å². The third kappa shape index (κ3) is 4.60. The number of nitrogens with zero attached hydrogens (tertiary/aromatic N) is 1. The molecule has 0 bridgehead atoms. The van der Waals surface area contributed by atoms with Crippen LogP contribution in [0, 0.1) is 0 Å². The molecule has 0 heterocycles. The molecule has 0 saturated carbocycles. The fourth-order valence-electron chi connectivity index (χ4n) is 2.62. The number of para-hydroxylation sites is 1. The minimum Gasteiger partial charge on any atom is -0.493 e. The van der Waals surface area contributed by atoms with Crippen molar-refractivity contribution in [3.63, 3.8) is 0 Å². The molecule has 0 N–H and O–H groups in total.